The second-order valence-corrected chi connectivity index (χ2v) is 12.8. The van der Waals surface area contributed by atoms with Crippen LogP contribution >= 0.6 is 23.1 Å². The minimum Gasteiger partial charge on any atom is -0.507 e. The lowest BCUT2D eigenvalue weighted by Gasteiger charge is -2.22. The number of ketones is 1. The zero-order valence-corrected chi connectivity index (χ0v) is 27.1. The number of benzene rings is 3. The van der Waals surface area contributed by atoms with Crippen LogP contribution < -0.4 is 14.4 Å². The number of amides is 1. The normalized spacial score (nSPS) is 15.9. The van der Waals surface area contributed by atoms with E-state index in [1.165, 1.54) is 28.0 Å². The Balaban J connectivity index is 1.47. The maximum atomic E-state index is 13.6. The van der Waals surface area contributed by atoms with Crippen LogP contribution in [0, 0.1) is 0 Å². The first-order valence-electron chi connectivity index (χ1n) is 15.3. The van der Waals surface area contributed by atoms with Gasteiger partial charge >= 0.3 is 5.91 Å². The molecule has 5 rings (SSSR count). The number of aliphatic hydroxyl groups excluding tert-OH is 1. The van der Waals surface area contributed by atoms with Gasteiger partial charge in [0, 0.05) is 11.3 Å². The SMILES string of the molecule is CCCCCOc1ccc([C@H]2C(=C(O)c3ccc(OCCCC)cc3)C(=O)C(=O)N2c2nnc(SCc3ccccc3)s2)cc1. The first-order chi connectivity index (χ1) is 22.0. The van der Waals surface area contributed by atoms with E-state index in [1.54, 1.807) is 24.3 Å². The average molecular weight is 644 g/mol. The molecule has 0 unspecified atom stereocenters. The van der Waals surface area contributed by atoms with Crippen LogP contribution in [0.3, 0.4) is 0 Å². The Bertz CT molecular complexity index is 1600. The van der Waals surface area contributed by atoms with E-state index in [-0.39, 0.29) is 16.5 Å². The fourth-order valence-electron chi connectivity index (χ4n) is 4.91. The van der Waals surface area contributed by atoms with Gasteiger partial charge in [-0.25, -0.2) is 0 Å². The minimum atomic E-state index is -0.903. The maximum Gasteiger partial charge on any atom is 0.301 e. The summed E-state index contributed by atoms with van der Waals surface area (Å²) in [5.41, 5.74) is 2.18. The first-order valence-corrected chi connectivity index (χ1v) is 17.1. The number of aliphatic hydroxyl groups is 1. The molecule has 2 heterocycles. The molecular weight excluding hydrogens is 607 g/mol. The molecule has 3 aromatic carbocycles. The van der Waals surface area contributed by atoms with Gasteiger partial charge in [0.1, 0.15) is 17.3 Å². The van der Waals surface area contributed by atoms with Crippen molar-refractivity contribution in [3.63, 3.8) is 0 Å². The number of carbonyl (C=O) groups is 2. The largest absolute Gasteiger partial charge is 0.507 e. The molecular formula is C35H37N3O5S2. The van der Waals surface area contributed by atoms with Gasteiger partial charge in [-0.2, -0.15) is 0 Å². The number of Topliss-reactive ketones (excluding diaryl/α,β-unsaturated/α-hetero) is 1. The Morgan fingerprint density at radius 1 is 0.844 bits per heavy atom. The van der Waals surface area contributed by atoms with Crippen LogP contribution in [0.1, 0.15) is 68.7 Å². The molecule has 1 aliphatic heterocycles. The van der Waals surface area contributed by atoms with E-state index in [0.717, 1.165) is 37.7 Å². The van der Waals surface area contributed by atoms with Crippen molar-refractivity contribution in [3.8, 4) is 11.5 Å². The monoisotopic (exact) mass is 643 g/mol. The highest BCUT2D eigenvalue weighted by Gasteiger charge is 2.48. The van der Waals surface area contributed by atoms with E-state index in [0.29, 0.717) is 45.9 Å². The van der Waals surface area contributed by atoms with Crippen molar-refractivity contribution in [2.24, 2.45) is 0 Å². The second-order valence-electron chi connectivity index (χ2n) is 10.6. The highest BCUT2D eigenvalue weighted by Crippen LogP contribution is 2.44. The number of hydrogen-bond donors (Lipinski definition) is 1. The number of ether oxygens (including phenoxy) is 2. The first kappa shape index (κ1) is 32.2. The van der Waals surface area contributed by atoms with Crippen molar-refractivity contribution in [3.05, 3.63) is 101 Å². The van der Waals surface area contributed by atoms with E-state index in [4.69, 9.17) is 9.47 Å². The Hall–Kier alpha value is -4.15. The molecule has 0 spiro atoms. The molecule has 1 atom stereocenters. The number of unbranched alkanes of at least 4 members (excludes halogenated alkanes) is 3. The van der Waals surface area contributed by atoms with Crippen LogP contribution in [0.2, 0.25) is 0 Å². The highest BCUT2D eigenvalue weighted by atomic mass is 32.2. The van der Waals surface area contributed by atoms with Crippen LogP contribution in [0.5, 0.6) is 11.5 Å². The van der Waals surface area contributed by atoms with Gasteiger partial charge in [0.2, 0.25) is 5.13 Å². The molecule has 45 heavy (non-hydrogen) atoms. The third-order valence-electron chi connectivity index (χ3n) is 7.36. The lowest BCUT2D eigenvalue weighted by molar-refractivity contribution is -0.132. The smallest absolute Gasteiger partial charge is 0.301 e. The molecule has 1 fully saturated rings. The fraction of sp³-hybridized carbons (Fsp3) is 0.314. The summed E-state index contributed by atoms with van der Waals surface area (Å²) in [5, 5.41) is 20.4. The Labute approximate surface area is 272 Å². The van der Waals surface area contributed by atoms with Crippen molar-refractivity contribution in [2.75, 3.05) is 18.1 Å². The topological polar surface area (TPSA) is 102 Å². The van der Waals surface area contributed by atoms with Gasteiger partial charge in [0.05, 0.1) is 24.8 Å². The number of carbonyl (C=O) groups excluding carboxylic acids is 2. The molecule has 0 saturated carbocycles. The molecule has 4 aromatic rings. The van der Waals surface area contributed by atoms with E-state index in [2.05, 4.69) is 24.0 Å². The van der Waals surface area contributed by atoms with Crippen molar-refractivity contribution in [2.45, 2.75) is 62.1 Å². The summed E-state index contributed by atoms with van der Waals surface area (Å²) in [6.45, 7) is 5.44. The second kappa shape index (κ2) is 15.7. The molecule has 1 aromatic heterocycles. The van der Waals surface area contributed by atoms with Gasteiger partial charge in [-0.1, -0.05) is 98.7 Å². The maximum absolute atomic E-state index is 13.6. The number of anilines is 1. The zero-order chi connectivity index (χ0) is 31.6. The third-order valence-corrected chi connectivity index (χ3v) is 9.49. The van der Waals surface area contributed by atoms with Crippen LogP contribution in [0.15, 0.2) is 88.8 Å². The molecule has 1 aliphatic rings. The molecule has 1 saturated heterocycles. The van der Waals surface area contributed by atoms with Gasteiger partial charge < -0.3 is 14.6 Å². The van der Waals surface area contributed by atoms with Gasteiger partial charge in [-0.15, -0.1) is 10.2 Å². The number of rotatable bonds is 15. The molecule has 1 N–H and O–H groups in total. The molecule has 0 aliphatic carbocycles. The van der Waals surface area contributed by atoms with Crippen molar-refractivity contribution < 1.29 is 24.2 Å². The molecule has 234 valence electrons. The lowest BCUT2D eigenvalue weighted by Crippen LogP contribution is -2.29. The van der Waals surface area contributed by atoms with E-state index in [9.17, 15) is 14.7 Å². The minimum absolute atomic E-state index is 0.00930. The van der Waals surface area contributed by atoms with E-state index >= 15 is 0 Å². The van der Waals surface area contributed by atoms with Gasteiger partial charge in [0.25, 0.3) is 5.78 Å². The number of nitrogens with zero attached hydrogens (tertiary/aromatic N) is 3. The fourth-order valence-corrected chi connectivity index (χ4v) is 6.73. The summed E-state index contributed by atoms with van der Waals surface area (Å²) in [4.78, 5) is 28.6. The summed E-state index contributed by atoms with van der Waals surface area (Å²) in [7, 11) is 0. The van der Waals surface area contributed by atoms with Crippen molar-refractivity contribution >= 4 is 45.7 Å². The van der Waals surface area contributed by atoms with Crippen molar-refractivity contribution in [1.29, 1.82) is 0 Å². The molecule has 0 radical (unpaired) electrons. The summed E-state index contributed by atoms with van der Waals surface area (Å²) >= 11 is 2.75. The summed E-state index contributed by atoms with van der Waals surface area (Å²) in [6.07, 6.45) is 5.11. The third kappa shape index (κ3) is 7.93. The van der Waals surface area contributed by atoms with Crippen LogP contribution in [0.4, 0.5) is 5.13 Å². The number of thioether (sulfide) groups is 1. The van der Waals surface area contributed by atoms with Gasteiger partial charge in [-0.3, -0.25) is 14.5 Å². The number of hydrogen-bond acceptors (Lipinski definition) is 9. The average Bonchev–Trinajstić information content (AvgIpc) is 3.64. The summed E-state index contributed by atoms with van der Waals surface area (Å²) < 4.78 is 12.3. The standard InChI is InChI=1S/C35H37N3O5S2/c1-3-5-10-22-43-27-17-13-25(14-18-27)30-29(31(39)26-15-19-28(20-16-26)42-21-6-4-2)32(40)33(41)38(30)34-36-37-35(45-34)44-23-24-11-8-7-9-12-24/h7-9,11-20,30,39H,3-6,10,21-23H2,1-2H3/t30-/m0/s1. The Morgan fingerprint density at radius 2 is 1.49 bits per heavy atom. The molecule has 1 amide bonds. The Kier molecular flexibility index (Phi) is 11.3. The van der Waals surface area contributed by atoms with Crippen LogP contribution in [-0.2, 0) is 15.3 Å². The molecule has 0 bridgehead atoms. The molecule has 10 heteroatoms. The summed E-state index contributed by atoms with van der Waals surface area (Å²) in [6, 6.07) is 23.3. The van der Waals surface area contributed by atoms with E-state index < -0.39 is 17.7 Å². The van der Waals surface area contributed by atoms with Crippen LogP contribution in [0.25, 0.3) is 5.76 Å². The summed E-state index contributed by atoms with van der Waals surface area (Å²) in [5.74, 6) is 0.243. The lowest BCUT2D eigenvalue weighted by atomic mass is 9.95. The van der Waals surface area contributed by atoms with Gasteiger partial charge in [-0.05, 0) is 60.4 Å². The predicted molar refractivity (Wildman–Crippen MR) is 179 cm³/mol. The highest BCUT2D eigenvalue weighted by molar-refractivity contribution is 8.00. The van der Waals surface area contributed by atoms with E-state index in [1.807, 2.05) is 54.6 Å². The zero-order valence-electron chi connectivity index (χ0n) is 25.5. The van der Waals surface area contributed by atoms with Gasteiger partial charge in [0.15, 0.2) is 4.34 Å². The van der Waals surface area contributed by atoms with Crippen molar-refractivity contribution in [1.82, 2.24) is 10.2 Å². The number of aromatic nitrogens is 2. The molecule has 8 nitrogen and oxygen atoms in total. The van der Waals surface area contributed by atoms with Crippen LogP contribution in [-0.4, -0.2) is 40.2 Å². The Morgan fingerprint density at radius 3 is 2.16 bits per heavy atom. The quantitative estimate of drug-likeness (QED) is 0.0345. The predicted octanol–water partition coefficient (Wildman–Crippen LogP) is 8.20.